The van der Waals surface area contributed by atoms with E-state index in [4.69, 9.17) is 0 Å². The molecule has 0 atom stereocenters. The van der Waals surface area contributed by atoms with Crippen LogP contribution in [-0.2, 0) is 22.6 Å². The van der Waals surface area contributed by atoms with Gasteiger partial charge in [0.05, 0.1) is 11.3 Å². The van der Waals surface area contributed by atoms with Gasteiger partial charge in [0.25, 0.3) is 0 Å². The zero-order valence-electron chi connectivity index (χ0n) is 14.7. The number of para-hydroxylation sites is 1. The van der Waals surface area contributed by atoms with Gasteiger partial charge in [0.1, 0.15) is 0 Å². The number of piperazine rings is 1. The van der Waals surface area contributed by atoms with Gasteiger partial charge in [0, 0.05) is 31.9 Å². The van der Waals surface area contributed by atoms with Crippen molar-refractivity contribution in [3.8, 4) is 0 Å². The number of hydrogen-bond donors (Lipinski definition) is 0. The number of halogens is 3. The lowest BCUT2D eigenvalue weighted by Gasteiger charge is -2.36. The summed E-state index contributed by atoms with van der Waals surface area (Å²) in [5, 5.41) is 0. The predicted molar refractivity (Wildman–Crippen MR) is 99.2 cm³/mol. The highest BCUT2D eigenvalue weighted by atomic mass is 32.2. The Morgan fingerprint density at radius 1 is 0.852 bits per heavy atom. The monoisotopic (exact) mass is 398 g/mol. The molecule has 0 radical (unpaired) electrons. The molecule has 1 aliphatic rings. The third-order valence-corrected chi connectivity index (χ3v) is 6.55. The second kappa shape index (κ2) is 7.90. The van der Waals surface area contributed by atoms with Gasteiger partial charge in [-0.15, -0.1) is 0 Å². The zero-order valence-corrected chi connectivity index (χ0v) is 15.5. The van der Waals surface area contributed by atoms with Crippen LogP contribution in [0.25, 0.3) is 0 Å². The van der Waals surface area contributed by atoms with Crippen molar-refractivity contribution in [3.63, 3.8) is 0 Å². The molecule has 1 heterocycles. The van der Waals surface area contributed by atoms with E-state index < -0.39 is 21.8 Å². The molecule has 146 valence electrons. The van der Waals surface area contributed by atoms with Crippen molar-refractivity contribution >= 4 is 15.7 Å². The second-order valence-electron chi connectivity index (χ2n) is 6.45. The lowest BCUT2D eigenvalue weighted by atomic mass is 10.1. The third kappa shape index (κ3) is 4.81. The summed E-state index contributed by atoms with van der Waals surface area (Å²) in [5.41, 5.74) is 0.357. The number of benzene rings is 2. The van der Waals surface area contributed by atoms with Gasteiger partial charge in [0.15, 0.2) is 0 Å². The molecule has 2 aromatic carbocycles. The highest BCUT2D eigenvalue weighted by Gasteiger charge is 2.36. The summed E-state index contributed by atoms with van der Waals surface area (Å²) < 4.78 is 66.1. The summed E-state index contributed by atoms with van der Waals surface area (Å²) in [6.45, 7) is 0.835. The number of alkyl halides is 3. The fourth-order valence-corrected chi connectivity index (χ4v) is 4.69. The van der Waals surface area contributed by atoms with E-state index in [0.29, 0.717) is 6.42 Å². The summed E-state index contributed by atoms with van der Waals surface area (Å²) in [7, 11) is -3.44. The lowest BCUT2D eigenvalue weighted by Crippen LogP contribution is -2.49. The first-order valence-corrected chi connectivity index (χ1v) is 10.3. The van der Waals surface area contributed by atoms with Gasteiger partial charge in [-0.2, -0.15) is 17.5 Å². The van der Waals surface area contributed by atoms with E-state index >= 15 is 0 Å². The minimum Gasteiger partial charge on any atom is -0.368 e. The maximum atomic E-state index is 13.2. The molecule has 4 nitrogen and oxygen atoms in total. The Morgan fingerprint density at radius 2 is 1.44 bits per heavy atom. The minimum atomic E-state index is -4.44. The van der Waals surface area contributed by atoms with Crippen molar-refractivity contribution in [2.75, 3.05) is 36.8 Å². The highest BCUT2D eigenvalue weighted by Crippen LogP contribution is 2.36. The van der Waals surface area contributed by atoms with Gasteiger partial charge in [-0.05, 0) is 24.1 Å². The Kier molecular flexibility index (Phi) is 5.76. The summed E-state index contributed by atoms with van der Waals surface area (Å²) in [5.74, 6) is -0.00382. The number of aryl methyl sites for hydroxylation is 1. The Labute approximate surface area is 157 Å². The van der Waals surface area contributed by atoms with Crippen LogP contribution in [-0.4, -0.2) is 44.7 Å². The average Bonchev–Trinajstić information content (AvgIpc) is 2.67. The Balaban J connectivity index is 1.64. The maximum Gasteiger partial charge on any atom is 0.418 e. The van der Waals surface area contributed by atoms with E-state index in [1.807, 2.05) is 30.3 Å². The Bertz CT molecular complexity index is 862. The van der Waals surface area contributed by atoms with Crippen molar-refractivity contribution in [1.29, 1.82) is 0 Å². The van der Waals surface area contributed by atoms with Gasteiger partial charge < -0.3 is 4.90 Å². The highest BCUT2D eigenvalue weighted by molar-refractivity contribution is 7.89. The second-order valence-corrected chi connectivity index (χ2v) is 8.54. The van der Waals surface area contributed by atoms with Crippen LogP contribution in [0, 0.1) is 0 Å². The van der Waals surface area contributed by atoms with Crippen LogP contribution in [0.2, 0.25) is 0 Å². The molecule has 27 heavy (non-hydrogen) atoms. The normalized spacial score (nSPS) is 16.5. The van der Waals surface area contributed by atoms with Gasteiger partial charge in [0.2, 0.25) is 10.0 Å². The smallest absolute Gasteiger partial charge is 0.368 e. The summed E-state index contributed by atoms with van der Waals surface area (Å²) >= 11 is 0. The molecule has 0 unspecified atom stereocenters. The molecule has 0 aromatic heterocycles. The number of rotatable bonds is 5. The van der Waals surface area contributed by atoms with Crippen LogP contribution in [0.15, 0.2) is 54.6 Å². The molecule has 0 spiro atoms. The molecule has 2 aromatic rings. The molecule has 0 amide bonds. The standard InChI is InChI=1S/C19H21F3N2O2S/c20-19(21,22)17-8-4-5-9-18(17)23-11-13-24(14-12-23)27(25,26)15-10-16-6-2-1-3-7-16/h1-9H,10-15H2. The van der Waals surface area contributed by atoms with Crippen molar-refractivity contribution in [2.45, 2.75) is 12.6 Å². The first-order chi connectivity index (χ1) is 12.8. The number of anilines is 1. The summed E-state index contributed by atoms with van der Waals surface area (Å²) in [4.78, 5) is 1.60. The molecule has 3 rings (SSSR count). The van der Waals surface area contributed by atoms with E-state index in [9.17, 15) is 21.6 Å². The fraction of sp³-hybridized carbons (Fsp3) is 0.368. The van der Waals surface area contributed by atoms with Gasteiger partial charge in [-0.1, -0.05) is 42.5 Å². The van der Waals surface area contributed by atoms with Gasteiger partial charge >= 0.3 is 6.18 Å². The van der Waals surface area contributed by atoms with Crippen LogP contribution in [0.4, 0.5) is 18.9 Å². The number of sulfonamides is 1. The predicted octanol–water partition coefficient (Wildman–Crippen LogP) is 3.40. The van der Waals surface area contributed by atoms with Crippen molar-refractivity contribution in [2.24, 2.45) is 0 Å². The van der Waals surface area contributed by atoms with E-state index in [1.54, 1.807) is 11.0 Å². The molecule has 1 fully saturated rings. The quantitative estimate of drug-likeness (QED) is 0.775. The molecule has 8 heteroatoms. The van der Waals surface area contributed by atoms with Crippen molar-refractivity contribution in [1.82, 2.24) is 4.31 Å². The molecule has 0 saturated carbocycles. The number of hydrogen-bond acceptors (Lipinski definition) is 3. The van der Waals surface area contributed by atoms with Gasteiger partial charge in [-0.25, -0.2) is 8.42 Å². The SMILES string of the molecule is O=S(=O)(CCc1ccccc1)N1CCN(c2ccccc2C(F)(F)F)CC1. The van der Waals surface area contributed by atoms with E-state index in [0.717, 1.165) is 11.6 Å². The van der Waals surface area contributed by atoms with E-state index in [1.165, 1.54) is 16.4 Å². The molecule has 0 N–H and O–H groups in total. The lowest BCUT2D eigenvalue weighted by molar-refractivity contribution is -0.137. The first kappa shape index (κ1) is 19.7. The summed E-state index contributed by atoms with van der Waals surface area (Å²) in [6.07, 6.45) is -4.02. The topological polar surface area (TPSA) is 40.6 Å². The van der Waals surface area contributed by atoms with Crippen LogP contribution < -0.4 is 4.90 Å². The van der Waals surface area contributed by atoms with Crippen LogP contribution in [0.3, 0.4) is 0 Å². The van der Waals surface area contributed by atoms with E-state index in [-0.39, 0.29) is 37.6 Å². The first-order valence-electron chi connectivity index (χ1n) is 8.70. The van der Waals surface area contributed by atoms with Crippen molar-refractivity contribution in [3.05, 3.63) is 65.7 Å². The van der Waals surface area contributed by atoms with Gasteiger partial charge in [-0.3, -0.25) is 0 Å². The molecule has 0 aliphatic carbocycles. The summed E-state index contributed by atoms with van der Waals surface area (Å²) in [6, 6.07) is 14.8. The Hall–Kier alpha value is -2.06. The molecule has 1 saturated heterocycles. The van der Waals surface area contributed by atoms with Crippen LogP contribution in [0.5, 0.6) is 0 Å². The van der Waals surface area contributed by atoms with Crippen molar-refractivity contribution < 1.29 is 21.6 Å². The molecular formula is C19H21F3N2O2S. The molecule has 0 bridgehead atoms. The Morgan fingerprint density at radius 3 is 2.07 bits per heavy atom. The third-order valence-electron chi connectivity index (χ3n) is 4.67. The largest absolute Gasteiger partial charge is 0.418 e. The number of nitrogens with zero attached hydrogens (tertiary/aromatic N) is 2. The molecule has 1 aliphatic heterocycles. The fourth-order valence-electron chi connectivity index (χ4n) is 3.22. The van der Waals surface area contributed by atoms with E-state index in [2.05, 4.69) is 0 Å². The van der Waals surface area contributed by atoms with Crippen LogP contribution in [0.1, 0.15) is 11.1 Å². The zero-order chi connectivity index (χ0) is 19.5. The minimum absolute atomic E-state index is 0.00382. The van der Waals surface area contributed by atoms with Crippen LogP contribution >= 0.6 is 0 Å². The molecular weight excluding hydrogens is 377 g/mol. The average molecular weight is 398 g/mol. The maximum absolute atomic E-state index is 13.2.